The van der Waals surface area contributed by atoms with E-state index in [2.05, 4.69) is 5.32 Å². The zero-order chi connectivity index (χ0) is 4.83. The second-order valence-corrected chi connectivity index (χ2v) is 1.46. The molecule has 0 aliphatic carbocycles. The third kappa shape index (κ3) is 4.10. The topological polar surface area (TPSA) is 58.3 Å². The minimum atomic E-state index is -0.0265. The number of hydrogen-bond acceptors (Lipinski definition) is 3. The van der Waals surface area contributed by atoms with Crippen LogP contribution in [0.5, 0.6) is 0 Å². The van der Waals surface area contributed by atoms with Crippen LogP contribution in [0, 0.1) is 0 Å². The molecular weight excluding hydrogens is 96.1 g/mol. The fourth-order valence-electron chi connectivity index (χ4n) is 0.128. The van der Waals surface area contributed by atoms with Crippen molar-refractivity contribution in [1.82, 2.24) is 5.32 Å². The van der Waals surface area contributed by atoms with Gasteiger partial charge >= 0.3 is 0 Å². The number of rotatable bonds is 3. The smallest absolute Gasteiger partial charge is 0.239 e. The zero-order valence-electron chi connectivity index (χ0n) is 3.44. The number of nitrogens with one attached hydrogen (secondary N) is 1. The monoisotopic (exact) mass is 104 g/mol. The Morgan fingerprint density at radius 3 is 2.67 bits per heavy atom. The maximum absolute atomic E-state index is 8.11. The molecule has 0 rings (SSSR count). The molecule has 0 aromatic heterocycles. The van der Waals surface area contributed by atoms with Crippen LogP contribution in [0.2, 0.25) is 0 Å². The van der Waals surface area contributed by atoms with Gasteiger partial charge in [-0.15, -0.1) is 0 Å². The first-order valence-corrected chi connectivity index (χ1v) is 2.85. The van der Waals surface area contributed by atoms with Crippen molar-refractivity contribution < 1.29 is 4.80 Å². The maximum Gasteiger partial charge on any atom is 0.239 e. The molecule has 3 nitrogen and oxygen atoms in total. The maximum atomic E-state index is 8.11. The molecule has 0 aliphatic heterocycles. The van der Waals surface area contributed by atoms with Crippen molar-refractivity contribution in [2.75, 3.05) is 12.8 Å². The van der Waals surface area contributed by atoms with Gasteiger partial charge in [-0.3, -0.25) is 0 Å². The quantitative estimate of drug-likeness (QED) is 0.222. The summed E-state index contributed by atoms with van der Waals surface area (Å²) in [5.41, 5.74) is 5.00. The summed E-state index contributed by atoms with van der Waals surface area (Å²) in [7, 11) is -0.0265. The summed E-state index contributed by atoms with van der Waals surface area (Å²) in [6.45, 7) is 0.452. The first kappa shape index (κ1) is 6.10. The molecule has 0 aromatic carbocycles. The molecule has 0 spiro atoms. The molecule has 0 heterocycles. The average molecular weight is 104 g/mol. The van der Waals surface area contributed by atoms with E-state index in [1.807, 2.05) is 0 Å². The molecule has 2 radical (unpaired) electrons. The van der Waals surface area contributed by atoms with E-state index in [1.54, 1.807) is 0 Å². The van der Waals surface area contributed by atoms with E-state index in [9.17, 15) is 0 Å². The first-order valence-electron chi connectivity index (χ1n) is 1.69. The van der Waals surface area contributed by atoms with Crippen molar-refractivity contribution in [3.63, 3.8) is 0 Å². The molecule has 36 valence electrons. The molecule has 4 N–H and O–H groups in total. The Bertz CT molecular complexity index is 23.5. The molecule has 0 fully saturated rings. The van der Waals surface area contributed by atoms with Crippen LogP contribution in [0.25, 0.3) is 0 Å². The van der Waals surface area contributed by atoms with Gasteiger partial charge in [0, 0.05) is 12.8 Å². The fourth-order valence-corrected chi connectivity index (χ4v) is 0.384. The predicted octanol–water partition coefficient (Wildman–Crippen LogP) is -1.94. The summed E-state index contributed by atoms with van der Waals surface area (Å²) < 4.78 is 0. The highest BCUT2D eigenvalue weighted by atomic mass is 28.2. The summed E-state index contributed by atoms with van der Waals surface area (Å²) in [4.78, 5) is 8.11. The summed E-state index contributed by atoms with van der Waals surface area (Å²) in [5.74, 6) is 0. The van der Waals surface area contributed by atoms with Crippen molar-refractivity contribution >= 4 is 9.76 Å². The highest BCUT2D eigenvalue weighted by Gasteiger charge is 1.76. The Morgan fingerprint density at radius 2 is 2.50 bits per heavy atom. The van der Waals surface area contributed by atoms with Gasteiger partial charge in [-0.1, -0.05) is 0 Å². The van der Waals surface area contributed by atoms with Crippen LogP contribution in [0.15, 0.2) is 0 Å². The third-order valence-electron chi connectivity index (χ3n) is 0.348. The number of hydrogen-bond donors (Lipinski definition) is 3. The van der Waals surface area contributed by atoms with E-state index in [0.717, 1.165) is 0 Å². The van der Waals surface area contributed by atoms with Gasteiger partial charge in [0.2, 0.25) is 9.76 Å². The SMILES string of the molecule is NCNC[Si]O. The molecule has 0 aliphatic rings. The van der Waals surface area contributed by atoms with Crippen LogP contribution in [-0.2, 0) is 0 Å². The highest BCUT2D eigenvalue weighted by Crippen LogP contribution is 1.41. The lowest BCUT2D eigenvalue weighted by atomic mass is 11.1. The van der Waals surface area contributed by atoms with Crippen LogP contribution in [0.1, 0.15) is 0 Å². The lowest BCUT2D eigenvalue weighted by Crippen LogP contribution is -2.26. The van der Waals surface area contributed by atoms with Gasteiger partial charge in [-0.25, -0.2) is 0 Å². The van der Waals surface area contributed by atoms with E-state index in [1.165, 1.54) is 0 Å². The Labute approximate surface area is 39.5 Å². The van der Waals surface area contributed by atoms with Crippen molar-refractivity contribution in [3.8, 4) is 0 Å². The second-order valence-electron chi connectivity index (χ2n) is 0.789. The Kier molecular flexibility index (Phi) is 5.18. The molecule has 0 saturated carbocycles. The predicted molar refractivity (Wildman–Crippen MR) is 25.0 cm³/mol. The van der Waals surface area contributed by atoms with E-state index in [0.29, 0.717) is 12.8 Å². The Balaban J connectivity index is 2.34. The zero-order valence-corrected chi connectivity index (χ0v) is 4.44. The Hall–Kier alpha value is 0.0969. The lowest BCUT2D eigenvalue weighted by Gasteiger charge is -1.89. The van der Waals surface area contributed by atoms with E-state index in [4.69, 9.17) is 10.5 Å². The van der Waals surface area contributed by atoms with Crippen molar-refractivity contribution in [3.05, 3.63) is 0 Å². The molecule has 0 aromatic rings. The summed E-state index contributed by atoms with van der Waals surface area (Å²) >= 11 is 0. The van der Waals surface area contributed by atoms with Crippen LogP contribution in [0.4, 0.5) is 0 Å². The van der Waals surface area contributed by atoms with Crippen molar-refractivity contribution in [2.24, 2.45) is 5.73 Å². The van der Waals surface area contributed by atoms with E-state index < -0.39 is 0 Å². The van der Waals surface area contributed by atoms with Crippen LogP contribution in [0.3, 0.4) is 0 Å². The molecule has 0 bridgehead atoms. The van der Waals surface area contributed by atoms with Gasteiger partial charge in [0.05, 0.1) is 0 Å². The van der Waals surface area contributed by atoms with Crippen molar-refractivity contribution in [2.45, 2.75) is 0 Å². The first-order chi connectivity index (χ1) is 2.91. The third-order valence-corrected chi connectivity index (χ3v) is 0.757. The molecule has 0 atom stereocenters. The van der Waals surface area contributed by atoms with Gasteiger partial charge in [0.15, 0.2) is 0 Å². The van der Waals surface area contributed by atoms with Crippen LogP contribution < -0.4 is 11.1 Å². The minimum Gasteiger partial charge on any atom is -0.431 e. The van der Waals surface area contributed by atoms with Gasteiger partial charge in [0.1, 0.15) is 0 Å². The van der Waals surface area contributed by atoms with Gasteiger partial charge in [-0.05, 0) is 0 Å². The molecular formula is C2H8N2OSi. The second kappa shape index (κ2) is 5.10. The average Bonchev–Trinajstić information content (AvgIpc) is 1.61. The van der Waals surface area contributed by atoms with Gasteiger partial charge in [-0.2, -0.15) is 0 Å². The summed E-state index contributed by atoms with van der Waals surface area (Å²) in [6.07, 6.45) is 0.622. The molecule has 0 saturated heterocycles. The van der Waals surface area contributed by atoms with Crippen molar-refractivity contribution in [1.29, 1.82) is 0 Å². The number of nitrogens with two attached hydrogens (primary N) is 1. The van der Waals surface area contributed by atoms with E-state index in [-0.39, 0.29) is 9.76 Å². The van der Waals surface area contributed by atoms with Crippen LogP contribution >= 0.6 is 0 Å². The summed E-state index contributed by atoms with van der Waals surface area (Å²) in [5, 5.41) is 2.74. The largest absolute Gasteiger partial charge is 0.431 e. The lowest BCUT2D eigenvalue weighted by molar-refractivity contribution is 0.589. The van der Waals surface area contributed by atoms with Crippen LogP contribution in [-0.4, -0.2) is 27.4 Å². The fraction of sp³-hybridized carbons (Fsp3) is 1.00. The van der Waals surface area contributed by atoms with E-state index >= 15 is 0 Å². The standard InChI is InChI=1S/C2H8N2OSi/c3-1-4-2-6-5/h4-5H,1-3H2. The highest BCUT2D eigenvalue weighted by molar-refractivity contribution is 6.25. The molecule has 0 unspecified atom stereocenters. The van der Waals surface area contributed by atoms with Gasteiger partial charge < -0.3 is 15.8 Å². The minimum absolute atomic E-state index is 0.0265. The summed E-state index contributed by atoms with van der Waals surface area (Å²) in [6, 6.07) is 0. The molecule has 4 heteroatoms. The Morgan fingerprint density at radius 1 is 1.83 bits per heavy atom. The van der Waals surface area contributed by atoms with Gasteiger partial charge in [0.25, 0.3) is 0 Å². The normalized spacial score (nSPS) is 9.00. The molecule has 6 heavy (non-hydrogen) atoms. The molecule has 0 amide bonds.